The molecule has 0 atom stereocenters. The van der Waals surface area contributed by atoms with Gasteiger partial charge in [0, 0.05) is 5.70 Å². The van der Waals surface area contributed by atoms with Crippen LogP contribution in [0.1, 0.15) is 6.92 Å². The predicted octanol–water partition coefficient (Wildman–Crippen LogP) is 1.90. The molecular formula is C5H9NS. The molecule has 0 rings (SSSR count). The summed E-state index contributed by atoms with van der Waals surface area (Å²) in [4.78, 5) is 0. The molecular weight excluding hydrogens is 106 g/mol. The number of nitrogens with one attached hydrogen (secondary N) is 1. The molecule has 0 amide bonds. The summed E-state index contributed by atoms with van der Waals surface area (Å²) in [6, 6.07) is 0. The second-order valence-corrected chi connectivity index (χ2v) is 1.94. The van der Waals surface area contributed by atoms with Gasteiger partial charge in [-0.25, -0.2) is 0 Å². The minimum atomic E-state index is 0.949. The second-order valence-electron chi connectivity index (χ2n) is 1.17. The average molecular weight is 115 g/mol. The van der Waals surface area contributed by atoms with Gasteiger partial charge in [-0.1, -0.05) is 13.2 Å². The fourth-order valence-corrected chi connectivity index (χ4v) is 0.427. The molecule has 0 bridgehead atoms. The van der Waals surface area contributed by atoms with Gasteiger partial charge in [-0.2, -0.15) is 0 Å². The van der Waals surface area contributed by atoms with E-state index in [1.165, 1.54) is 11.9 Å². The fraction of sp³-hybridized carbons (Fsp3) is 0.200. The average Bonchev–Trinajstić information content (AvgIpc) is 1.61. The standard InChI is InChI=1S/C5H9NS/c1-4-7-6-5(2)3/h4,6H,1-2H2,3H3. The fourth-order valence-electron chi connectivity index (χ4n) is 0.142. The summed E-state index contributed by atoms with van der Waals surface area (Å²) in [5.41, 5.74) is 0.949. The normalized spacial score (nSPS) is 7.57. The highest BCUT2D eigenvalue weighted by Gasteiger charge is 1.74. The molecule has 0 aromatic rings. The number of rotatable bonds is 3. The summed E-state index contributed by atoms with van der Waals surface area (Å²) < 4.78 is 2.90. The molecule has 0 saturated heterocycles. The molecule has 1 N–H and O–H groups in total. The molecule has 7 heavy (non-hydrogen) atoms. The maximum atomic E-state index is 3.61. The molecule has 0 aliphatic rings. The van der Waals surface area contributed by atoms with Crippen LogP contribution in [0, 0.1) is 0 Å². The molecule has 0 aliphatic carbocycles. The Bertz CT molecular complexity index is 78.1. The predicted molar refractivity (Wildman–Crippen MR) is 35.7 cm³/mol. The van der Waals surface area contributed by atoms with Crippen molar-refractivity contribution in [2.45, 2.75) is 6.92 Å². The third kappa shape index (κ3) is 5.63. The van der Waals surface area contributed by atoms with E-state index >= 15 is 0 Å². The summed E-state index contributed by atoms with van der Waals surface area (Å²) >= 11 is 1.43. The summed E-state index contributed by atoms with van der Waals surface area (Å²) in [7, 11) is 0. The van der Waals surface area contributed by atoms with E-state index in [4.69, 9.17) is 0 Å². The number of hydrogen-bond acceptors (Lipinski definition) is 2. The maximum Gasteiger partial charge on any atom is 0.0111 e. The van der Waals surface area contributed by atoms with Crippen molar-refractivity contribution in [1.29, 1.82) is 0 Å². The van der Waals surface area contributed by atoms with E-state index in [0.717, 1.165) is 5.70 Å². The van der Waals surface area contributed by atoms with Gasteiger partial charge in [-0.3, -0.25) is 0 Å². The van der Waals surface area contributed by atoms with Crippen LogP contribution in [-0.4, -0.2) is 0 Å². The number of hydrogen-bond donors (Lipinski definition) is 1. The highest BCUT2D eigenvalue weighted by Crippen LogP contribution is 1.94. The highest BCUT2D eigenvalue weighted by molar-refractivity contribution is 8.00. The van der Waals surface area contributed by atoms with Gasteiger partial charge in [0.05, 0.1) is 0 Å². The van der Waals surface area contributed by atoms with Gasteiger partial charge in [0.15, 0.2) is 0 Å². The van der Waals surface area contributed by atoms with E-state index in [1.807, 2.05) is 6.92 Å². The van der Waals surface area contributed by atoms with Crippen molar-refractivity contribution in [3.8, 4) is 0 Å². The van der Waals surface area contributed by atoms with Gasteiger partial charge in [-0.15, -0.1) is 0 Å². The Kier molecular flexibility index (Phi) is 3.61. The Morgan fingerprint density at radius 2 is 2.43 bits per heavy atom. The van der Waals surface area contributed by atoms with Crippen LogP contribution in [0.15, 0.2) is 24.3 Å². The zero-order valence-electron chi connectivity index (χ0n) is 4.40. The zero-order valence-corrected chi connectivity index (χ0v) is 5.22. The van der Waals surface area contributed by atoms with Crippen LogP contribution < -0.4 is 4.72 Å². The van der Waals surface area contributed by atoms with E-state index in [0.29, 0.717) is 0 Å². The molecule has 2 heteroatoms. The first-order valence-corrected chi connectivity index (χ1v) is 2.83. The van der Waals surface area contributed by atoms with Crippen molar-refractivity contribution in [2.24, 2.45) is 0 Å². The second kappa shape index (κ2) is 3.81. The van der Waals surface area contributed by atoms with Gasteiger partial charge >= 0.3 is 0 Å². The summed E-state index contributed by atoms with van der Waals surface area (Å²) in [5.74, 6) is 0. The van der Waals surface area contributed by atoms with Crippen LogP contribution >= 0.6 is 11.9 Å². The minimum absolute atomic E-state index is 0.949. The third-order valence-corrected chi connectivity index (χ3v) is 0.949. The van der Waals surface area contributed by atoms with E-state index in [9.17, 15) is 0 Å². The van der Waals surface area contributed by atoms with E-state index in [2.05, 4.69) is 17.9 Å². The Balaban J connectivity index is 2.97. The monoisotopic (exact) mass is 115 g/mol. The molecule has 0 radical (unpaired) electrons. The Morgan fingerprint density at radius 1 is 1.86 bits per heavy atom. The molecule has 0 aromatic heterocycles. The first-order valence-electron chi connectivity index (χ1n) is 1.95. The highest BCUT2D eigenvalue weighted by atomic mass is 32.2. The van der Waals surface area contributed by atoms with Crippen LogP contribution in [0.3, 0.4) is 0 Å². The Morgan fingerprint density at radius 3 is 2.57 bits per heavy atom. The summed E-state index contributed by atoms with van der Waals surface area (Å²) in [6.45, 7) is 9.00. The van der Waals surface area contributed by atoms with Gasteiger partial charge in [-0.05, 0) is 24.3 Å². The lowest BCUT2D eigenvalue weighted by Gasteiger charge is -1.94. The molecule has 0 heterocycles. The van der Waals surface area contributed by atoms with Gasteiger partial charge < -0.3 is 4.72 Å². The molecule has 0 spiro atoms. The van der Waals surface area contributed by atoms with Crippen molar-refractivity contribution in [3.63, 3.8) is 0 Å². The molecule has 1 nitrogen and oxygen atoms in total. The van der Waals surface area contributed by atoms with Crippen molar-refractivity contribution < 1.29 is 0 Å². The van der Waals surface area contributed by atoms with Crippen LogP contribution in [0.2, 0.25) is 0 Å². The lowest BCUT2D eigenvalue weighted by molar-refractivity contribution is 1.23. The van der Waals surface area contributed by atoms with Crippen molar-refractivity contribution in [1.82, 2.24) is 4.72 Å². The van der Waals surface area contributed by atoms with Crippen molar-refractivity contribution >= 4 is 11.9 Å². The van der Waals surface area contributed by atoms with Crippen LogP contribution in [0.5, 0.6) is 0 Å². The quantitative estimate of drug-likeness (QED) is 0.564. The maximum absolute atomic E-state index is 3.61. The summed E-state index contributed by atoms with van der Waals surface area (Å²) in [6.07, 6.45) is 0. The van der Waals surface area contributed by atoms with E-state index in [1.54, 1.807) is 5.41 Å². The first-order chi connectivity index (χ1) is 3.27. The largest absolute Gasteiger partial charge is 0.331 e. The molecule has 0 fully saturated rings. The Hall–Kier alpha value is -0.370. The van der Waals surface area contributed by atoms with E-state index < -0.39 is 0 Å². The van der Waals surface area contributed by atoms with E-state index in [-0.39, 0.29) is 0 Å². The summed E-state index contributed by atoms with van der Waals surface area (Å²) in [5, 5.41) is 1.72. The zero-order chi connectivity index (χ0) is 5.70. The lowest BCUT2D eigenvalue weighted by atomic mass is 10.6. The lowest BCUT2D eigenvalue weighted by Crippen LogP contribution is -1.93. The molecule has 0 aliphatic heterocycles. The molecule has 0 saturated carbocycles. The Labute approximate surface area is 48.6 Å². The van der Waals surface area contributed by atoms with Crippen LogP contribution in [-0.2, 0) is 0 Å². The molecule has 40 valence electrons. The van der Waals surface area contributed by atoms with Crippen molar-refractivity contribution in [2.75, 3.05) is 0 Å². The minimum Gasteiger partial charge on any atom is -0.331 e. The topological polar surface area (TPSA) is 12.0 Å². The van der Waals surface area contributed by atoms with Gasteiger partial charge in [0.1, 0.15) is 0 Å². The van der Waals surface area contributed by atoms with Crippen LogP contribution in [0.4, 0.5) is 0 Å². The van der Waals surface area contributed by atoms with Crippen molar-refractivity contribution in [3.05, 3.63) is 24.3 Å². The van der Waals surface area contributed by atoms with Gasteiger partial charge in [0.25, 0.3) is 0 Å². The number of allylic oxidation sites excluding steroid dienone is 1. The SMILES string of the molecule is C=CSNC(=C)C. The smallest absolute Gasteiger partial charge is 0.0111 e. The molecule has 0 unspecified atom stereocenters. The molecule has 0 aromatic carbocycles. The third-order valence-electron chi connectivity index (χ3n) is 0.316. The first kappa shape index (κ1) is 6.63. The van der Waals surface area contributed by atoms with Gasteiger partial charge in [0.2, 0.25) is 0 Å². The van der Waals surface area contributed by atoms with Crippen LogP contribution in [0.25, 0.3) is 0 Å².